The van der Waals surface area contributed by atoms with E-state index in [4.69, 9.17) is 14.5 Å². The van der Waals surface area contributed by atoms with Crippen LogP contribution in [0.1, 0.15) is 10.4 Å². The summed E-state index contributed by atoms with van der Waals surface area (Å²) in [6.45, 7) is 4.72. The fourth-order valence-electron chi connectivity index (χ4n) is 3.69. The van der Waals surface area contributed by atoms with Crippen molar-refractivity contribution in [3.63, 3.8) is 0 Å². The number of rotatable bonds is 4. The van der Waals surface area contributed by atoms with Gasteiger partial charge in [0.15, 0.2) is 0 Å². The molecule has 3 aromatic rings. The molecule has 0 saturated carbocycles. The van der Waals surface area contributed by atoms with Crippen molar-refractivity contribution in [2.75, 3.05) is 39.5 Å². The molecule has 26 heavy (non-hydrogen) atoms. The van der Waals surface area contributed by atoms with Crippen molar-refractivity contribution in [1.29, 1.82) is 0 Å². The first kappa shape index (κ1) is 15.5. The maximum atomic E-state index is 12.9. The Labute approximate surface area is 151 Å². The highest BCUT2D eigenvalue weighted by Crippen LogP contribution is 2.40. The lowest BCUT2D eigenvalue weighted by atomic mass is 10.1. The zero-order valence-electron chi connectivity index (χ0n) is 14.4. The highest BCUT2D eigenvalue weighted by atomic mass is 16.5. The molecule has 2 aliphatic heterocycles. The van der Waals surface area contributed by atoms with Gasteiger partial charge in [0.2, 0.25) is 0 Å². The van der Waals surface area contributed by atoms with E-state index in [0.29, 0.717) is 23.6 Å². The third-order valence-electron chi connectivity index (χ3n) is 5.03. The largest absolute Gasteiger partial charge is 0.491 e. The topological polar surface area (TPSA) is 56.6 Å². The van der Waals surface area contributed by atoms with Gasteiger partial charge < -0.3 is 9.47 Å². The molecule has 6 heteroatoms. The van der Waals surface area contributed by atoms with Crippen LogP contribution in [0.15, 0.2) is 42.6 Å². The number of hydrogen-bond acceptors (Lipinski definition) is 5. The molecular formula is C20H19N3O3. The first-order valence-corrected chi connectivity index (χ1v) is 8.91. The number of carbonyl (C=O) groups is 1. The number of hydrogen-bond donors (Lipinski definition) is 0. The molecule has 0 aliphatic carbocycles. The van der Waals surface area contributed by atoms with E-state index in [0.717, 1.165) is 49.4 Å². The van der Waals surface area contributed by atoms with Gasteiger partial charge in [0, 0.05) is 31.2 Å². The summed E-state index contributed by atoms with van der Waals surface area (Å²) in [5.74, 6) is 0.576. The van der Waals surface area contributed by atoms with E-state index >= 15 is 0 Å². The van der Waals surface area contributed by atoms with Crippen LogP contribution in [0, 0.1) is 0 Å². The molecule has 0 amide bonds. The van der Waals surface area contributed by atoms with Crippen LogP contribution in [0.3, 0.4) is 0 Å². The molecule has 2 aromatic heterocycles. The molecule has 5 rings (SSSR count). The molecule has 6 nitrogen and oxygen atoms in total. The maximum Gasteiger partial charge on any atom is 0.268 e. The summed E-state index contributed by atoms with van der Waals surface area (Å²) in [5.41, 5.74) is 2.95. The Hall–Kier alpha value is -2.70. The Morgan fingerprint density at radius 1 is 1.12 bits per heavy atom. The Morgan fingerprint density at radius 3 is 2.85 bits per heavy atom. The minimum Gasteiger partial charge on any atom is -0.491 e. The summed E-state index contributed by atoms with van der Waals surface area (Å²) in [6, 6.07) is 11.6. The van der Waals surface area contributed by atoms with Gasteiger partial charge in [0.25, 0.3) is 5.91 Å². The normalized spacial score (nSPS) is 16.7. The number of aromatic nitrogens is 2. The number of para-hydroxylation sites is 1. The Morgan fingerprint density at radius 2 is 1.96 bits per heavy atom. The predicted octanol–water partition coefficient (Wildman–Crippen LogP) is 2.42. The third kappa shape index (κ3) is 2.41. The Kier molecular flexibility index (Phi) is 3.72. The van der Waals surface area contributed by atoms with Gasteiger partial charge in [-0.05, 0) is 24.3 Å². The van der Waals surface area contributed by atoms with Crippen LogP contribution in [0.25, 0.3) is 22.3 Å². The average molecular weight is 349 g/mol. The van der Waals surface area contributed by atoms with E-state index in [-0.39, 0.29) is 5.91 Å². The van der Waals surface area contributed by atoms with Gasteiger partial charge >= 0.3 is 0 Å². The summed E-state index contributed by atoms with van der Waals surface area (Å²) >= 11 is 0. The predicted molar refractivity (Wildman–Crippen MR) is 97.7 cm³/mol. The Balaban J connectivity index is 1.52. The van der Waals surface area contributed by atoms with Gasteiger partial charge in [0.05, 0.1) is 24.4 Å². The van der Waals surface area contributed by atoms with Crippen LogP contribution in [0.4, 0.5) is 0 Å². The lowest BCUT2D eigenvalue weighted by Gasteiger charge is -2.26. The molecule has 2 aliphatic rings. The molecule has 0 radical (unpaired) electrons. The van der Waals surface area contributed by atoms with Gasteiger partial charge in [-0.3, -0.25) is 14.3 Å². The molecule has 0 atom stereocenters. The van der Waals surface area contributed by atoms with Gasteiger partial charge in [-0.15, -0.1) is 0 Å². The second kappa shape index (κ2) is 6.23. The fraction of sp³-hybridized carbons (Fsp3) is 0.300. The van der Waals surface area contributed by atoms with Crippen molar-refractivity contribution in [2.24, 2.45) is 0 Å². The molecule has 4 heterocycles. The van der Waals surface area contributed by atoms with E-state index < -0.39 is 0 Å². The highest BCUT2D eigenvalue weighted by Gasteiger charge is 2.32. The van der Waals surface area contributed by atoms with E-state index in [1.807, 2.05) is 36.4 Å². The van der Waals surface area contributed by atoms with Gasteiger partial charge in [0.1, 0.15) is 23.6 Å². The van der Waals surface area contributed by atoms with Crippen LogP contribution in [0.2, 0.25) is 0 Å². The molecule has 1 saturated heterocycles. The van der Waals surface area contributed by atoms with E-state index in [1.54, 1.807) is 10.8 Å². The summed E-state index contributed by atoms with van der Waals surface area (Å²) in [7, 11) is 0. The average Bonchev–Trinajstić information content (AvgIpc) is 3.26. The molecule has 0 bridgehead atoms. The number of nitrogens with zero attached hydrogens (tertiary/aromatic N) is 3. The van der Waals surface area contributed by atoms with Gasteiger partial charge in [-0.1, -0.05) is 12.1 Å². The van der Waals surface area contributed by atoms with Crippen molar-refractivity contribution < 1.29 is 14.3 Å². The summed E-state index contributed by atoms with van der Waals surface area (Å²) in [4.78, 5) is 19.9. The SMILES string of the molecule is O=C1c2c(nc3ccccc3c2OCCN2CCOCC2)-c2cccn21. The third-order valence-corrected chi connectivity index (χ3v) is 5.03. The van der Waals surface area contributed by atoms with Crippen LogP contribution < -0.4 is 4.74 Å². The van der Waals surface area contributed by atoms with Crippen molar-refractivity contribution in [3.8, 4) is 17.1 Å². The van der Waals surface area contributed by atoms with E-state index in [2.05, 4.69) is 4.90 Å². The van der Waals surface area contributed by atoms with Gasteiger partial charge in [-0.2, -0.15) is 0 Å². The van der Waals surface area contributed by atoms with Crippen LogP contribution in [-0.2, 0) is 4.74 Å². The molecule has 0 spiro atoms. The van der Waals surface area contributed by atoms with Crippen molar-refractivity contribution in [3.05, 3.63) is 48.2 Å². The van der Waals surface area contributed by atoms with Crippen molar-refractivity contribution in [2.45, 2.75) is 0 Å². The number of fused-ring (bicyclic) bond motifs is 4. The first-order valence-electron chi connectivity index (χ1n) is 8.91. The summed E-state index contributed by atoms with van der Waals surface area (Å²) < 4.78 is 13.2. The van der Waals surface area contributed by atoms with Crippen molar-refractivity contribution >= 4 is 16.8 Å². The quantitative estimate of drug-likeness (QED) is 0.566. The van der Waals surface area contributed by atoms with E-state index in [1.165, 1.54) is 0 Å². The number of pyridine rings is 1. The zero-order valence-corrected chi connectivity index (χ0v) is 14.4. The smallest absolute Gasteiger partial charge is 0.268 e. The lowest BCUT2D eigenvalue weighted by Crippen LogP contribution is -2.38. The minimum atomic E-state index is -0.0698. The highest BCUT2D eigenvalue weighted by molar-refractivity contribution is 6.13. The maximum absolute atomic E-state index is 12.9. The molecular weight excluding hydrogens is 330 g/mol. The molecule has 1 fully saturated rings. The second-order valence-electron chi connectivity index (χ2n) is 6.55. The monoisotopic (exact) mass is 349 g/mol. The fourth-order valence-corrected chi connectivity index (χ4v) is 3.69. The van der Waals surface area contributed by atoms with Gasteiger partial charge in [-0.25, -0.2) is 4.98 Å². The molecule has 0 unspecified atom stereocenters. The number of benzene rings is 1. The number of carbonyl (C=O) groups excluding carboxylic acids is 1. The second-order valence-corrected chi connectivity index (χ2v) is 6.55. The first-order chi connectivity index (χ1) is 12.8. The summed E-state index contributed by atoms with van der Waals surface area (Å²) in [6.07, 6.45) is 1.78. The van der Waals surface area contributed by atoms with E-state index in [9.17, 15) is 4.79 Å². The standard InChI is InChI=1S/C20H19N3O3/c24-20-17-18(16-6-3-7-23(16)20)21-15-5-2-1-4-14(15)19(17)26-13-10-22-8-11-25-12-9-22/h1-7H,8-13H2. The minimum absolute atomic E-state index is 0.0698. The number of morpholine rings is 1. The number of ether oxygens (including phenoxy) is 2. The lowest BCUT2D eigenvalue weighted by molar-refractivity contribution is 0.0323. The van der Waals surface area contributed by atoms with Crippen LogP contribution in [-0.4, -0.2) is 59.8 Å². The Bertz CT molecular complexity index is 989. The molecule has 0 N–H and O–H groups in total. The van der Waals surface area contributed by atoms with Crippen LogP contribution >= 0.6 is 0 Å². The summed E-state index contributed by atoms with van der Waals surface area (Å²) in [5, 5.41) is 0.882. The van der Waals surface area contributed by atoms with Crippen LogP contribution in [0.5, 0.6) is 5.75 Å². The molecule has 1 aromatic carbocycles. The molecule has 132 valence electrons. The van der Waals surface area contributed by atoms with Crippen molar-refractivity contribution in [1.82, 2.24) is 14.5 Å². The zero-order chi connectivity index (χ0) is 17.5.